The molecule has 1 saturated carbocycles. The summed E-state index contributed by atoms with van der Waals surface area (Å²) in [4.78, 5) is 2.06. The van der Waals surface area contributed by atoms with Crippen LogP contribution in [-0.2, 0) is 0 Å². The minimum absolute atomic E-state index is 0.352. The van der Waals surface area contributed by atoms with Crippen molar-refractivity contribution in [3.63, 3.8) is 0 Å². The predicted molar refractivity (Wildman–Crippen MR) is 79.2 cm³/mol. The van der Waals surface area contributed by atoms with E-state index in [0.29, 0.717) is 5.41 Å². The van der Waals surface area contributed by atoms with Crippen molar-refractivity contribution in [3.8, 4) is 0 Å². The van der Waals surface area contributed by atoms with Crippen molar-refractivity contribution in [1.82, 2.24) is 4.90 Å². The van der Waals surface area contributed by atoms with E-state index in [1.54, 1.807) is 0 Å². The first-order chi connectivity index (χ1) is 8.47. The molecule has 1 heteroatoms. The summed E-state index contributed by atoms with van der Waals surface area (Å²) >= 11 is 0. The summed E-state index contributed by atoms with van der Waals surface area (Å²) in [5, 5.41) is 0. The van der Waals surface area contributed by atoms with Gasteiger partial charge in [0.2, 0.25) is 0 Å². The zero-order valence-corrected chi connectivity index (χ0v) is 11.7. The summed E-state index contributed by atoms with van der Waals surface area (Å²) in [6.45, 7) is 10.4. The molecule has 18 heavy (non-hydrogen) atoms. The maximum Gasteiger partial charge on any atom is 0.00644 e. The van der Waals surface area contributed by atoms with E-state index in [1.807, 2.05) is 20.2 Å². The molecule has 0 N–H and O–H groups in total. The fourth-order valence-corrected chi connectivity index (χ4v) is 2.76. The molecule has 0 radical (unpaired) electrons. The molecule has 2 atom stereocenters. The Labute approximate surface area is 111 Å². The largest absolute Gasteiger partial charge is 0.383 e. The number of hydrogen-bond acceptors (Lipinski definition) is 1. The summed E-state index contributed by atoms with van der Waals surface area (Å²) in [5.41, 5.74) is 4.05. The van der Waals surface area contributed by atoms with Crippen LogP contribution in [0.15, 0.2) is 60.4 Å². The molecule has 2 unspecified atom stereocenters. The number of nitrogens with zero attached hydrogens (tertiary/aromatic N) is 1. The van der Waals surface area contributed by atoms with Gasteiger partial charge in [-0.05, 0) is 35.3 Å². The standard InChI is InChI=1S/C17H23N/c1-6-15(12-18(4)5)16-8-7-13(2)9-17(11-16)10-14(17)3/h6-8,11-12,14H,1-2,9-10H2,3-5H3/b15-12+. The molecule has 1 spiro atoms. The van der Waals surface area contributed by atoms with Crippen LogP contribution in [0, 0.1) is 11.3 Å². The third-order valence-electron chi connectivity index (χ3n) is 3.96. The Hall–Kier alpha value is -1.50. The highest BCUT2D eigenvalue weighted by atomic mass is 15.0. The number of allylic oxidation sites excluding steroid dienone is 7. The van der Waals surface area contributed by atoms with E-state index in [4.69, 9.17) is 0 Å². The fraction of sp³-hybridized carbons (Fsp3) is 0.412. The number of rotatable bonds is 3. The van der Waals surface area contributed by atoms with Crippen molar-refractivity contribution < 1.29 is 0 Å². The second kappa shape index (κ2) is 4.64. The molecule has 0 amide bonds. The van der Waals surface area contributed by atoms with Gasteiger partial charge >= 0.3 is 0 Å². The first kappa shape index (κ1) is 12.9. The van der Waals surface area contributed by atoms with Crippen molar-refractivity contribution in [3.05, 3.63) is 60.4 Å². The average molecular weight is 241 g/mol. The van der Waals surface area contributed by atoms with Crippen molar-refractivity contribution in [1.29, 1.82) is 0 Å². The zero-order chi connectivity index (χ0) is 13.3. The third-order valence-corrected chi connectivity index (χ3v) is 3.96. The van der Waals surface area contributed by atoms with Crippen LogP contribution in [0.25, 0.3) is 0 Å². The molecule has 2 rings (SSSR count). The fourth-order valence-electron chi connectivity index (χ4n) is 2.76. The van der Waals surface area contributed by atoms with Gasteiger partial charge in [0.1, 0.15) is 0 Å². The predicted octanol–water partition coefficient (Wildman–Crippen LogP) is 4.09. The SMILES string of the molecule is C=C/C(=C\N(C)C)C1=CC2(CC(=C)C=C1)CC2C. The normalized spacial score (nSPS) is 31.1. The molecule has 2 aliphatic carbocycles. The van der Waals surface area contributed by atoms with Gasteiger partial charge in [-0.15, -0.1) is 0 Å². The lowest BCUT2D eigenvalue weighted by Gasteiger charge is -2.13. The van der Waals surface area contributed by atoms with Crippen LogP contribution in [0.1, 0.15) is 19.8 Å². The molecular weight excluding hydrogens is 218 g/mol. The molecule has 96 valence electrons. The first-order valence-corrected chi connectivity index (χ1v) is 6.56. The van der Waals surface area contributed by atoms with Crippen LogP contribution in [0.3, 0.4) is 0 Å². The molecular formula is C17H23N. The van der Waals surface area contributed by atoms with Gasteiger partial charge in [-0.3, -0.25) is 0 Å². The molecule has 0 bridgehead atoms. The smallest absolute Gasteiger partial charge is 0.00644 e. The molecule has 1 nitrogen and oxygen atoms in total. The maximum absolute atomic E-state index is 4.15. The Morgan fingerprint density at radius 1 is 1.44 bits per heavy atom. The number of hydrogen-bond donors (Lipinski definition) is 0. The first-order valence-electron chi connectivity index (χ1n) is 6.56. The molecule has 0 aromatic rings. The van der Waals surface area contributed by atoms with E-state index in [9.17, 15) is 0 Å². The summed E-state index contributed by atoms with van der Waals surface area (Å²) < 4.78 is 0. The van der Waals surface area contributed by atoms with Gasteiger partial charge in [-0.2, -0.15) is 0 Å². The van der Waals surface area contributed by atoms with Gasteiger partial charge in [0.15, 0.2) is 0 Å². The van der Waals surface area contributed by atoms with Crippen LogP contribution in [-0.4, -0.2) is 19.0 Å². The minimum atomic E-state index is 0.352. The van der Waals surface area contributed by atoms with Gasteiger partial charge in [0.05, 0.1) is 0 Å². The summed E-state index contributed by atoms with van der Waals surface area (Å²) in [6, 6.07) is 0. The topological polar surface area (TPSA) is 3.24 Å². The monoisotopic (exact) mass is 241 g/mol. The van der Waals surface area contributed by atoms with Crippen LogP contribution in [0.5, 0.6) is 0 Å². The van der Waals surface area contributed by atoms with Crippen molar-refractivity contribution in [2.75, 3.05) is 14.1 Å². The third kappa shape index (κ3) is 2.50. The molecule has 0 heterocycles. The molecule has 0 saturated heterocycles. The van der Waals surface area contributed by atoms with Gasteiger partial charge in [-0.25, -0.2) is 0 Å². The molecule has 0 aromatic heterocycles. The van der Waals surface area contributed by atoms with E-state index < -0.39 is 0 Å². The summed E-state index contributed by atoms with van der Waals surface area (Å²) in [5.74, 6) is 0.773. The van der Waals surface area contributed by atoms with Crippen molar-refractivity contribution in [2.24, 2.45) is 11.3 Å². The highest BCUT2D eigenvalue weighted by Gasteiger charge is 2.49. The molecule has 1 fully saturated rings. The van der Waals surface area contributed by atoms with E-state index in [-0.39, 0.29) is 0 Å². The molecule has 2 aliphatic rings. The quantitative estimate of drug-likeness (QED) is 0.673. The Morgan fingerprint density at radius 3 is 2.61 bits per heavy atom. The lowest BCUT2D eigenvalue weighted by atomic mass is 9.93. The van der Waals surface area contributed by atoms with E-state index in [1.165, 1.54) is 23.1 Å². The highest BCUT2D eigenvalue weighted by molar-refractivity contribution is 5.50. The Balaban J connectivity index is 2.38. The summed E-state index contributed by atoms with van der Waals surface area (Å²) in [6.07, 6.45) is 13.2. The Kier molecular flexibility index (Phi) is 3.34. The van der Waals surface area contributed by atoms with Crippen molar-refractivity contribution >= 4 is 0 Å². The van der Waals surface area contributed by atoms with Crippen molar-refractivity contribution in [2.45, 2.75) is 19.8 Å². The molecule has 0 aromatic carbocycles. The van der Waals surface area contributed by atoms with Gasteiger partial charge in [0, 0.05) is 20.3 Å². The van der Waals surface area contributed by atoms with Gasteiger partial charge in [-0.1, -0.05) is 50.0 Å². The van der Waals surface area contributed by atoms with Crippen LogP contribution >= 0.6 is 0 Å². The highest BCUT2D eigenvalue weighted by Crippen LogP contribution is 2.59. The van der Waals surface area contributed by atoms with Crippen LogP contribution in [0.2, 0.25) is 0 Å². The second-order valence-corrected chi connectivity index (χ2v) is 5.86. The second-order valence-electron chi connectivity index (χ2n) is 5.86. The minimum Gasteiger partial charge on any atom is -0.383 e. The average Bonchev–Trinajstić information content (AvgIpc) is 2.95. The van der Waals surface area contributed by atoms with Gasteiger partial charge in [0.25, 0.3) is 0 Å². The van der Waals surface area contributed by atoms with Gasteiger partial charge < -0.3 is 4.90 Å². The Bertz CT molecular complexity index is 462. The maximum atomic E-state index is 4.15. The van der Waals surface area contributed by atoms with E-state index >= 15 is 0 Å². The lowest BCUT2D eigenvalue weighted by molar-refractivity contribution is 0.560. The lowest BCUT2D eigenvalue weighted by Crippen LogP contribution is -2.04. The summed E-state index contributed by atoms with van der Waals surface area (Å²) in [7, 11) is 4.08. The van der Waals surface area contributed by atoms with E-state index in [0.717, 1.165) is 12.3 Å². The zero-order valence-electron chi connectivity index (χ0n) is 11.7. The van der Waals surface area contributed by atoms with Crippen LogP contribution < -0.4 is 0 Å². The Morgan fingerprint density at radius 2 is 2.11 bits per heavy atom. The van der Waals surface area contributed by atoms with Crippen LogP contribution in [0.4, 0.5) is 0 Å². The van der Waals surface area contributed by atoms with E-state index in [2.05, 4.69) is 49.4 Å². The molecule has 0 aliphatic heterocycles.